The topological polar surface area (TPSA) is 105 Å². The Hall–Kier alpha value is -2.87. The summed E-state index contributed by atoms with van der Waals surface area (Å²) in [5, 5.41) is 2.76. The molecule has 0 bridgehead atoms. The van der Waals surface area contributed by atoms with Crippen LogP contribution in [0.25, 0.3) is 11.7 Å². The third kappa shape index (κ3) is 3.72. The van der Waals surface area contributed by atoms with Crippen LogP contribution in [0, 0.1) is 0 Å². The molecular formula is C15H14ClN5O3. The van der Waals surface area contributed by atoms with Gasteiger partial charge in [0.05, 0.1) is 5.69 Å². The lowest BCUT2D eigenvalue weighted by atomic mass is 10.4. The summed E-state index contributed by atoms with van der Waals surface area (Å²) < 4.78 is 1.72. The predicted molar refractivity (Wildman–Crippen MR) is 86.7 cm³/mol. The van der Waals surface area contributed by atoms with Gasteiger partial charge in [-0.3, -0.25) is 29.6 Å². The van der Waals surface area contributed by atoms with Crippen molar-refractivity contribution < 1.29 is 14.4 Å². The van der Waals surface area contributed by atoms with Gasteiger partial charge in [0.1, 0.15) is 5.65 Å². The maximum Gasteiger partial charge on any atom is 0.327 e. The third-order valence-corrected chi connectivity index (χ3v) is 3.61. The van der Waals surface area contributed by atoms with Crippen molar-refractivity contribution in [3.05, 3.63) is 41.3 Å². The van der Waals surface area contributed by atoms with Gasteiger partial charge in [-0.05, 0) is 31.1 Å². The molecule has 0 radical (unpaired) electrons. The Bertz CT molecular complexity index is 841. The van der Waals surface area contributed by atoms with Crippen LogP contribution in [0.2, 0.25) is 5.15 Å². The first-order chi connectivity index (χ1) is 11.5. The second kappa shape index (κ2) is 6.71. The lowest BCUT2D eigenvalue weighted by molar-refractivity contribution is -0.140. The van der Waals surface area contributed by atoms with Gasteiger partial charge in [-0.2, -0.15) is 0 Å². The van der Waals surface area contributed by atoms with Crippen molar-refractivity contribution in [3.8, 4) is 0 Å². The van der Waals surface area contributed by atoms with E-state index in [0.29, 0.717) is 11.3 Å². The van der Waals surface area contributed by atoms with E-state index in [-0.39, 0.29) is 11.2 Å². The number of fused-ring (bicyclic) bond motifs is 1. The van der Waals surface area contributed by atoms with E-state index in [1.165, 1.54) is 12.2 Å². The Kier molecular flexibility index (Phi) is 4.48. The Morgan fingerprint density at radius 1 is 1.21 bits per heavy atom. The van der Waals surface area contributed by atoms with E-state index in [1.807, 2.05) is 11.5 Å². The first-order valence-electron chi connectivity index (χ1n) is 7.26. The van der Waals surface area contributed by atoms with Gasteiger partial charge in [-0.15, -0.1) is 0 Å². The molecule has 0 aliphatic heterocycles. The Labute approximate surface area is 141 Å². The molecule has 1 aliphatic carbocycles. The molecule has 2 aromatic rings. The van der Waals surface area contributed by atoms with Crippen LogP contribution < -0.4 is 16.2 Å². The number of nitrogens with zero attached hydrogens (tertiary/aromatic N) is 2. The average Bonchev–Trinajstić information content (AvgIpc) is 3.32. The second-order valence-corrected chi connectivity index (χ2v) is 5.60. The van der Waals surface area contributed by atoms with Crippen LogP contribution in [-0.4, -0.2) is 33.1 Å². The third-order valence-electron chi connectivity index (χ3n) is 3.33. The van der Waals surface area contributed by atoms with Gasteiger partial charge in [0.2, 0.25) is 0 Å². The Morgan fingerprint density at radius 3 is 2.75 bits per heavy atom. The van der Waals surface area contributed by atoms with E-state index >= 15 is 0 Å². The normalized spacial score (nSPS) is 13.9. The van der Waals surface area contributed by atoms with Crippen LogP contribution in [0.4, 0.5) is 0 Å². The fourth-order valence-corrected chi connectivity index (χ4v) is 2.23. The highest BCUT2D eigenvalue weighted by molar-refractivity contribution is 6.35. The number of halogens is 1. The fourth-order valence-electron chi connectivity index (χ4n) is 1.99. The number of aromatic nitrogens is 2. The van der Waals surface area contributed by atoms with Crippen molar-refractivity contribution in [1.82, 2.24) is 25.6 Å². The number of carbonyl (C=O) groups excluding carboxylic acids is 3. The zero-order valence-electron chi connectivity index (χ0n) is 12.5. The molecule has 3 rings (SSSR count). The molecule has 2 heterocycles. The number of amides is 3. The van der Waals surface area contributed by atoms with Gasteiger partial charge >= 0.3 is 11.8 Å². The van der Waals surface area contributed by atoms with Crippen LogP contribution in [-0.2, 0) is 14.4 Å². The van der Waals surface area contributed by atoms with Crippen molar-refractivity contribution in [2.75, 3.05) is 0 Å². The summed E-state index contributed by atoms with van der Waals surface area (Å²) in [6, 6.07) is 5.47. The molecule has 0 atom stereocenters. The summed E-state index contributed by atoms with van der Waals surface area (Å²) in [6.45, 7) is 0. The minimum Gasteiger partial charge on any atom is -0.345 e. The lowest BCUT2D eigenvalue weighted by Crippen LogP contribution is -2.48. The molecule has 1 fully saturated rings. The minimum absolute atomic E-state index is 0.0659. The lowest BCUT2D eigenvalue weighted by Gasteiger charge is -2.05. The molecule has 124 valence electrons. The summed E-state index contributed by atoms with van der Waals surface area (Å²) >= 11 is 6.04. The zero-order chi connectivity index (χ0) is 17.1. The molecule has 0 saturated heterocycles. The molecule has 1 aliphatic rings. The molecule has 24 heavy (non-hydrogen) atoms. The molecule has 0 spiro atoms. The highest BCUT2D eigenvalue weighted by atomic mass is 35.5. The monoisotopic (exact) mass is 347 g/mol. The summed E-state index contributed by atoms with van der Waals surface area (Å²) in [4.78, 5) is 38.8. The van der Waals surface area contributed by atoms with Gasteiger partial charge in [0, 0.05) is 18.3 Å². The number of rotatable bonds is 3. The number of pyridine rings is 1. The van der Waals surface area contributed by atoms with Crippen molar-refractivity contribution >= 4 is 41.0 Å². The maximum atomic E-state index is 11.7. The van der Waals surface area contributed by atoms with Crippen LogP contribution in [0.5, 0.6) is 0 Å². The molecular weight excluding hydrogens is 334 g/mol. The highest BCUT2D eigenvalue weighted by Crippen LogP contribution is 2.19. The van der Waals surface area contributed by atoms with E-state index in [2.05, 4.69) is 15.7 Å². The molecule has 0 unspecified atom stereocenters. The summed E-state index contributed by atoms with van der Waals surface area (Å²) in [6.07, 6.45) is 6.15. The van der Waals surface area contributed by atoms with Gasteiger partial charge in [0.25, 0.3) is 5.91 Å². The van der Waals surface area contributed by atoms with Crippen molar-refractivity contribution in [3.63, 3.8) is 0 Å². The number of hydrogen-bond acceptors (Lipinski definition) is 4. The number of nitrogens with one attached hydrogen (secondary N) is 3. The fraction of sp³-hybridized carbons (Fsp3) is 0.200. The number of hydrazine groups is 1. The van der Waals surface area contributed by atoms with E-state index in [9.17, 15) is 14.4 Å². The second-order valence-electron chi connectivity index (χ2n) is 5.24. The molecule has 2 aromatic heterocycles. The summed E-state index contributed by atoms with van der Waals surface area (Å²) in [7, 11) is 0. The van der Waals surface area contributed by atoms with E-state index in [4.69, 9.17) is 11.6 Å². The van der Waals surface area contributed by atoms with E-state index in [0.717, 1.165) is 12.8 Å². The summed E-state index contributed by atoms with van der Waals surface area (Å²) in [5.41, 5.74) is 5.34. The molecule has 0 aromatic carbocycles. The molecule has 8 nitrogen and oxygen atoms in total. The van der Waals surface area contributed by atoms with Crippen molar-refractivity contribution in [2.45, 2.75) is 18.9 Å². The molecule has 1 saturated carbocycles. The minimum atomic E-state index is -0.920. The molecule has 3 N–H and O–H groups in total. The van der Waals surface area contributed by atoms with Crippen LogP contribution >= 0.6 is 11.6 Å². The molecule has 3 amide bonds. The van der Waals surface area contributed by atoms with E-state index < -0.39 is 17.7 Å². The summed E-state index contributed by atoms with van der Waals surface area (Å²) in [5.74, 6) is -2.30. The zero-order valence-corrected chi connectivity index (χ0v) is 13.2. The van der Waals surface area contributed by atoms with Crippen LogP contribution in [0.3, 0.4) is 0 Å². The largest absolute Gasteiger partial charge is 0.345 e. The quantitative estimate of drug-likeness (QED) is 0.425. The Morgan fingerprint density at radius 2 is 2.00 bits per heavy atom. The molecule has 9 heteroatoms. The van der Waals surface area contributed by atoms with Gasteiger partial charge in [-0.25, -0.2) is 4.98 Å². The van der Waals surface area contributed by atoms with Crippen molar-refractivity contribution in [1.29, 1.82) is 0 Å². The Balaban J connectivity index is 1.57. The average molecular weight is 348 g/mol. The number of imidazole rings is 1. The smallest absolute Gasteiger partial charge is 0.327 e. The highest BCUT2D eigenvalue weighted by Gasteiger charge is 2.26. The van der Waals surface area contributed by atoms with Gasteiger partial charge in [0.15, 0.2) is 5.15 Å². The van der Waals surface area contributed by atoms with Crippen LogP contribution in [0.1, 0.15) is 18.5 Å². The van der Waals surface area contributed by atoms with Gasteiger partial charge < -0.3 is 5.32 Å². The van der Waals surface area contributed by atoms with E-state index in [1.54, 1.807) is 22.7 Å². The van der Waals surface area contributed by atoms with Gasteiger partial charge in [-0.1, -0.05) is 17.7 Å². The maximum absolute atomic E-state index is 11.7. The first kappa shape index (κ1) is 16.0. The number of hydrogen-bond donors (Lipinski definition) is 3. The number of carbonyl (C=O) groups is 3. The van der Waals surface area contributed by atoms with Crippen LogP contribution in [0.15, 0.2) is 30.5 Å². The first-order valence-corrected chi connectivity index (χ1v) is 7.64. The SMILES string of the molecule is O=C(/C=C/c1c(Cl)nc2ccccn12)NNC(=O)C(=O)NC1CC1. The standard InChI is InChI=1S/C15H14ClN5O3/c16-13-10(21-8-2-1-3-11(21)18-13)6-7-12(22)19-20-15(24)14(23)17-9-4-5-9/h1-3,6-9H,4-5H2,(H,17,23)(H,19,22)(H,20,24)/b7-6+. The predicted octanol–water partition coefficient (Wildman–Crippen LogP) is 0.427. The van der Waals surface area contributed by atoms with Crippen molar-refractivity contribution in [2.24, 2.45) is 0 Å².